The van der Waals surface area contributed by atoms with Crippen LogP contribution in [0.4, 0.5) is 0 Å². The molecule has 0 aromatic rings. The maximum absolute atomic E-state index is 11.3. The molecular weight excluding hydrogens is 278 g/mol. The number of ether oxygens (including phenoxy) is 4. The van der Waals surface area contributed by atoms with Crippen LogP contribution in [0.25, 0.3) is 0 Å². The maximum Gasteiger partial charge on any atom is 0.325 e. The largest absolute Gasteiger partial charge is 0.462 e. The molecule has 126 valence electrons. The molecule has 0 aliphatic carbocycles. The number of aliphatic hydroxyl groups is 1. The molecule has 21 heavy (non-hydrogen) atoms. The molecule has 0 aromatic heterocycles. The van der Waals surface area contributed by atoms with E-state index in [0.717, 1.165) is 19.4 Å². The average Bonchev–Trinajstić information content (AvgIpc) is 2.47. The number of unbranched alkanes of at least 4 members (excludes halogenated alkanes) is 1. The molecular formula is C14H29NO6. The number of aliphatic hydroxyl groups excluding tert-OH is 1. The number of nitrogens with two attached hydrogens (primary N) is 1. The summed E-state index contributed by atoms with van der Waals surface area (Å²) in [6.45, 7) is 6.75. The van der Waals surface area contributed by atoms with Crippen molar-refractivity contribution in [3.8, 4) is 0 Å². The quantitative estimate of drug-likeness (QED) is 0.346. The molecule has 0 fully saturated rings. The molecule has 0 unspecified atom stereocenters. The van der Waals surface area contributed by atoms with Crippen molar-refractivity contribution in [2.45, 2.75) is 38.8 Å². The topological polar surface area (TPSA) is 100 Å². The predicted molar refractivity (Wildman–Crippen MR) is 78.0 cm³/mol. The summed E-state index contributed by atoms with van der Waals surface area (Å²) in [6, 6.07) is -1.01. The van der Waals surface area contributed by atoms with Crippen LogP contribution in [0.15, 0.2) is 0 Å². The second-order valence-electron chi connectivity index (χ2n) is 4.62. The molecule has 0 bridgehead atoms. The molecule has 0 amide bonds. The Hall–Kier alpha value is -0.730. The van der Waals surface area contributed by atoms with Gasteiger partial charge in [0.2, 0.25) is 0 Å². The normalized spacial score (nSPS) is 13.9. The molecule has 0 aliphatic heterocycles. The van der Waals surface area contributed by atoms with Gasteiger partial charge in [-0.2, -0.15) is 0 Å². The van der Waals surface area contributed by atoms with Gasteiger partial charge in [-0.25, -0.2) is 0 Å². The highest BCUT2D eigenvalue weighted by Crippen LogP contribution is 1.93. The summed E-state index contributed by atoms with van der Waals surface area (Å²) in [6.07, 6.45) is 1.27. The van der Waals surface area contributed by atoms with Crippen LogP contribution < -0.4 is 5.73 Å². The molecule has 2 atom stereocenters. The fourth-order valence-corrected chi connectivity index (χ4v) is 1.28. The molecule has 7 nitrogen and oxygen atoms in total. The van der Waals surface area contributed by atoms with Gasteiger partial charge >= 0.3 is 5.97 Å². The van der Waals surface area contributed by atoms with E-state index in [2.05, 4.69) is 6.92 Å². The Kier molecular flexibility index (Phi) is 13.7. The van der Waals surface area contributed by atoms with E-state index < -0.39 is 18.1 Å². The first-order valence-electron chi connectivity index (χ1n) is 7.43. The molecule has 7 heteroatoms. The zero-order chi connectivity index (χ0) is 15.9. The van der Waals surface area contributed by atoms with Crippen LogP contribution in [-0.2, 0) is 23.7 Å². The van der Waals surface area contributed by atoms with Crippen molar-refractivity contribution in [1.82, 2.24) is 0 Å². The monoisotopic (exact) mass is 307 g/mol. The van der Waals surface area contributed by atoms with Crippen molar-refractivity contribution >= 4 is 5.97 Å². The van der Waals surface area contributed by atoms with Crippen LogP contribution in [0.5, 0.6) is 0 Å². The summed E-state index contributed by atoms with van der Waals surface area (Å²) in [7, 11) is 0. The summed E-state index contributed by atoms with van der Waals surface area (Å²) < 4.78 is 20.7. The van der Waals surface area contributed by atoms with Crippen LogP contribution in [0.3, 0.4) is 0 Å². The van der Waals surface area contributed by atoms with Crippen LogP contribution in [0.2, 0.25) is 0 Å². The van der Waals surface area contributed by atoms with E-state index in [4.69, 9.17) is 29.8 Å². The van der Waals surface area contributed by atoms with Gasteiger partial charge in [0.05, 0.1) is 39.1 Å². The Labute approximate surface area is 126 Å². The smallest absolute Gasteiger partial charge is 0.325 e. The van der Waals surface area contributed by atoms with Gasteiger partial charge in [-0.3, -0.25) is 4.79 Å². The SMILES string of the molecule is CCCCOCCOCCOCCOC(=O)[C@@H](N)[C@@H](C)O. The fraction of sp³-hybridized carbons (Fsp3) is 0.929. The van der Waals surface area contributed by atoms with Gasteiger partial charge in [0, 0.05) is 6.61 Å². The second kappa shape index (κ2) is 14.2. The Balaban J connectivity index is 3.21. The minimum atomic E-state index is -1.01. The lowest BCUT2D eigenvalue weighted by Gasteiger charge is -2.13. The predicted octanol–water partition coefficient (Wildman–Crippen LogP) is 0.0876. The lowest BCUT2D eigenvalue weighted by atomic mass is 10.2. The molecule has 0 spiro atoms. The third-order valence-corrected chi connectivity index (χ3v) is 2.65. The first-order chi connectivity index (χ1) is 10.1. The van der Waals surface area contributed by atoms with Gasteiger partial charge in [-0.15, -0.1) is 0 Å². The average molecular weight is 307 g/mol. The van der Waals surface area contributed by atoms with Crippen LogP contribution in [0.1, 0.15) is 26.7 Å². The van der Waals surface area contributed by atoms with E-state index in [1.807, 2.05) is 0 Å². The molecule has 0 saturated carbocycles. The highest BCUT2D eigenvalue weighted by molar-refractivity contribution is 5.76. The van der Waals surface area contributed by atoms with Gasteiger partial charge in [-0.1, -0.05) is 13.3 Å². The van der Waals surface area contributed by atoms with Gasteiger partial charge in [0.1, 0.15) is 12.6 Å². The van der Waals surface area contributed by atoms with Crippen molar-refractivity contribution in [3.05, 3.63) is 0 Å². The number of hydrogen-bond donors (Lipinski definition) is 2. The minimum Gasteiger partial charge on any atom is -0.462 e. The first kappa shape index (κ1) is 20.3. The van der Waals surface area contributed by atoms with Crippen LogP contribution in [0, 0.1) is 0 Å². The van der Waals surface area contributed by atoms with Crippen molar-refractivity contribution < 1.29 is 28.8 Å². The summed E-state index contributed by atoms with van der Waals surface area (Å²) >= 11 is 0. The van der Waals surface area contributed by atoms with Crippen LogP contribution in [-0.4, -0.2) is 69.5 Å². The number of carbonyl (C=O) groups is 1. The lowest BCUT2D eigenvalue weighted by Crippen LogP contribution is -2.41. The third-order valence-electron chi connectivity index (χ3n) is 2.65. The van der Waals surface area contributed by atoms with E-state index >= 15 is 0 Å². The molecule has 0 heterocycles. The van der Waals surface area contributed by atoms with E-state index in [0.29, 0.717) is 26.4 Å². The first-order valence-corrected chi connectivity index (χ1v) is 7.43. The lowest BCUT2D eigenvalue weighted by molar-refractivity contribution is -0.149. The standard InChI is InChI=1S/C14H29NO6/c1-3-4-5-18-6-7-19-8-9-20-10-11-21-14(17)13(15)12(2)16/h12-13,16H,3-11,15H2,1-2H3/t12-,13+/m1/s1. The minimum absolute atomic E-state index is 0.110. The molecule has 0 saturated heterocycles. The van der Waals surface area contributed by atoms with Crippen molar-refractivity contribution in [1.29, 1.82) is 0 Å². The Bertz CT molecular complexity index is 250. The number of rotatable bonds is 14. The molecule has 0 aliphatic rings. The summed E-state index contributed by atoms with van der Waals surface area (Å²) in [4.78, 5) is 11.3. The fourth-order valence-electron chi connectivity index (χ4n) is 1.28. The molecule has 3 N–H and O–H groups in total. The molecule has 0 rings (SSSR count). The molecule has 0 radical (unpaired) electrons. The van der Waals surface area contributed by atoms with E-state index in [-0.39, 0.29) is 13.2 Å². The van der Waals surface area contributed by atoms with Gasteiger partial charge in [-0.05, 0) is 13.3 Å². The highest BCUT2D eigenvalue weighted by Gasteiger charge is 2.19. The van der Waals surface area contributed by atoms with Crippen molar-refractivity contribution in [2.75, 3.05) is 46.2 Å². The second-order valence-corrected chi connectivity index (χ2v) is 4.62. The maximum atomic E-state index is 11.3. The van der Waals surface area contributed by atoms with Gasteiger partial charge in [0.25, 0.3) is 0 Å². The number of esters is 1. The summed E-state index contributed by atoms with van der Waals surface area (Å²) in [5.41, 5.74) is 5.40. The highest BCUT2D eigenvalue weighted by atomic mass is 16.6. The number of carbonyl (C=O) groups excluding carboxylic acids is 1. The van der Waals surface area contributed by atoms with Crippen molar-refractivity contribution in [3.63, 3.8) is 0 Å². The Morgan fingerprint density at radius 1 is 1.00 bits per heavy atom. The van der Waals surface area contributed by atoms with Gasteiger partial charge in [0.15, 0.2) is 0 Å². The van der Waals surface area contributed by atoms with E-state index in [1.165, 1.54) is 6.92 Å². The summed E-state index contributed by atoms with van der Waals surface area (Å²) in [5.74, 6) is -0.630. The van der Waals surface area contributed by atoms with E-state index in [9.17, 15) is 4.79 Å². The zero-order valence-corrected chi connectivity index (χ0v) is 13.1. The Morgan fingerprint density at radius 2 is 1.48 bits per heavy atom. The summed E-state index contributed by atoms with van der Waals surface area (Å²) in [5, 5.41) is 9.10. The zero-order valence-electron chi connectivity index (χ0n) is 13.1. The third kappa shape index (κ3) is 12.7. The number of hydrogen-bond acceptors (Lipinski definition) is 7. The van der Waals surface area contributed by atoms with Crippen LogP contribution >= 0.6 is 0 Å². The van der Waals surface area contributed by atoms with E-state index in [1.54, 1.807) is 0 Å². The Morgan fingerprint density at radius 3 is 1.95 bits per heavy atom. The molecule has 0 aromatic carbocycles. The van der Waals surface area contributed by atoms with Crippen molar-refractivity contribution in [2.24, 2.45) is 5.73 Å². The van der Waals surface area contributed by atoms with Gasteiger partial charge < -0.3 is 29.8 Å².